The fourth-order valence-electron chi connectivity index (χ4n) is 4.92. The summed E-state index contributed by atoms with van der Waals surface area (Å²) in [4.78, 5) is 10.2. The van der Waals surface area contributed by atoms with Crippen LogP contribution < -0.4 is 2.87 Å². The first-order chi connectivity index (χ1) is 16.7. The van der Waals surface area contributed by atoms with Gasteiger partial charge < -0.3 is 0 Å². The van der Waals surface area contributed by atoms with E-state index >= 15 is 0 Å². The van der Waals surface area contributed by atoms with E-state index in [-0.39, 0.29) is 15.0 Å². The molecule has 7 aromatic rings. The number of para-hydroxylation sites is 4. The Bertz CT molecular complexity index is 1920. The quantitative estimate of drug-likeness (QED) is 0.342. The summed E-state index contributed by atoms with van der Waals surface area (Å²) in [6.45, 7) is 0. The van der Waals surface area contributed by atoms with Crippen molar-refractivity contribution in [1.29, 1.82) is 0 Å². The zero-order valence-corrected chi connectivity index (χ0v) is 20.6. The fraction of sp³-hybridized carbons (Fsp3) is 0. The van der Waals surface area contributed by atoms with Crippen LogP contribution in [0.5, 0.6) is 0 Å². The molecule has 156 valence electrons. The minimum atomic E-state index is -0.101. The standard InChI is InChI=1S/C26H15N5.CH2.2Al/c27-16-13-14-18-17-7-2-5-11-22(17)30(24(18)15-16)26-29-20-9-3-1-8-19(20)25-28-21-10-4-6-12-23(21)31(25)26;;;/h1-15H;1H2;;. The van der Waals surface area contributed by atoms with Crippen LogP contribution in [0.2, 0.25) is 0 Å². The number of aromatic nitrogens is 4. The van der Waals surface area contributed by atoms with Crippen LogP contribution in [0, 0.1) is 0 Å². The molecule has 0 atom stereocenters. The second-order valence-corrected chi connectivity index (χ2v) is 10.4. The van der Waals surface area contributed by atoms with Gasteiger partial charge in [0.2, 0.25) is 0 Å². The Labute approximate surface area is 210 Å². The van der Waals surface area contributed by atoms with Crippen molar-refractivity contribution in [3.05, 3.63) is 91.0 Å². The molecule has 0 spiro atoms. The number of hydrogen-bond donors (Lipinski definition) is 0. The number of anilines is 1. The summed E-state index contributed by atoms with van der Waals surface area (Å²) >= 11 is 2.69. The molecule has 7 rings (SSSR count). The molecule has 4 aromatic carbocycles. The molecule has 0 N–H and O–H groups in total. The first-order valence-electron chi connectivity index (χ1n) is 11.1. The van der Waals surface area contributed by atoms with Crippen LogP contribution in [-0.2, 0) is 0 Å². The van der Waals surface area contributed by atoms with E-state index in [1.54, 1.807) is 0 Å². The topological polar surface area (TPSA) is 38.4 Å². The molecule has 2 radical (unpaired) electrons. The Morgan fingerprint density at radius 1 is 0.706 bits per heavy atom. The second-order valence-electron chi connectivity index (χ2n) is 8.33. The van der Waals surface area contributed by atoms with E-state index in [1.165, 1.54) is 10.8 Å². The van der Waals surface area contributed by atoms with Gasteiger partial charge in [0.05, 0.1) is 0 Å². The van der Waals surface area contributed by atoms with Gasteiger partial charge in [-0.3, -0.25) is 0 Å². The normalized spacial score (nSPS) is 11.6. The molecule has 0 fully saturated rings. The minimum absolute atomic E-state index is 0.101. The predicted molar refractivity (Wildman–Crippen MR) is 143 cm³/mol. The molecule has 0 saturated carbocycles. The number of hydrogen-bond acceptors (Lipinski definition) is 3. The average molecular weight is 465 g/mol. The summed E-state index contributed by atoms with van der Waals surface area (Å²) in [5.41, 5.74) is 7.20. The van der Waals surface area contributed by atoms with Crippen molar-refractivity contribution in [3.63, 3.8) is 0 Å². The Morgan fingerprint density at radius 2 is 1.38 bits per heavy atom. The van der Waals surface area contributed by atoms with Gasteiger partial charge in [0.25, 0.3) is 0 Å². The molecular formula is C27H17Al2N5. The van der Waals surface area contributed by atoms with Crippen molar-refractivity contribution in [2.24, 2.45) is 0 Å². The summed E-state index contributed by atoms with van der Waals surface area (Å²) in [6.07, 6.45) is 0. The van der Waals surface area contributed by atoms with E-state index in [0.29, 0.717) is 0 Å². The Morgan fingerprint density at radius 3 is 2.21 bits per heavy atom. The Balaban J connectivity index is 1.73. The Hall–Kier alpha value is -3.45. The molecule has 7 heteroatoms. The van der Waals surface area contributed by atoms with Crippen molar-refractivity contribution in [1.82, 2.24) is 18.9 Å². The van der Waals surface area contributed by atoms with E-state index in [2.05, 4.69) is 107 Å². The van der Waals surface area contributed by atoms with Gasteiger partial charge in [0.15, 0.2) is 0 Å². The van der Waals surface area contributed by atoms with Crippen molar-refractivity contribution >= 4 is 92.0 Å². The van der Waals surface area contributed by atoms with E-state index in [1.807, 2.05) is 18.2 Å². The molecule has 0 aliphatic carbocycles. The molecule has 0 bridgehead atoms. The van der Waals surface area contributed by atoms with E-state index in [0.717, 1.165) is 50.3 Å². The monoisotopic (exact) mass is 465 g/mol. The number of benzene rings is 4. The molecular weight excluding hydrogens is 448 g/mol. The van der Waals surface area contributed by atoms with Crippen molar-refractivity contribution in [2.75, 3.05) is 2.87 Å². The van der Waals surface area contributed by atoms with Gasteiger partial charge in [-0.1, -0.05) is 0 Å². The first-order valence-corrected chi connectivity index (χ1v) is 13.0. The van der Waals surface area contributed by atoms with Crippen LogP contribution in [-0.4, -0.2) is 55.8 Å². The van der Waals surface area contributed by atoms with Crippen LogP contribution in [0.3, 0.4) is 0 Å². The van der Waals surface area contributed by atoms with Gasteiger partial charge in [-0.05, 0) is 0 Å². The Kier molecular flexibility index (Phi) is 4.43. The average Bonchev–Trinajstić information content (AvgIpc) is 3.44. The van der Waals surface area contributed by atoms with Gasteiger partial charge in [0.1, 0.15) is 0 Å². The van der Waals surface area contributed by atoms with E-state index < -0.39 is 0 Å². The van der Waals surface area contributed by atoms with Crippen molar-refractivity contribution in [2.45, 2.75) is 0 Å². The number of rotatable bonds is 3. The summed E-state index contributed by atoms with van der Waals surface area (Å²) in [5.74, 6) is 0.836. The zero-order valence-electron chi connectivity index (χ0n) is 18.3. The van der Waals surface area contributed by atoms with Crippen molar-refractivity contribution in [3.8, 4) is 5.95 Å². The SMILES string of the molecule is [CH2]=[Al][N]([Al])c1ccc2c3ccccc3n(-c3nc4ccccc4c4nc5ccccc5n34)c2c1. The first kappa shape index (κ1) is 20.0. The van der Waals surface area contributed by atoms with E-state index in [9.17, 15) is 0 Å². The predicted octanol–water partition coefficient (Wildman–Crippen LogP) is 5.07. The van der Waals surface area contributed by atoms with Crippen LogP contribution in [0.4, 0.5) is 5.69 Å². The summed E-state index contributed by atoms with van der Waals surface area (Å²) in [7, 11) is 0. The molecule has 3 aromatic heterocycles. The maximum atomic E-state index is 5.22. The molecule has 0 unspecified atom stereocenters. The van der Waals surface area contributed by atoms with Crippen LogP contribution in [0.1, 0.15) is 0 Å². The van der Waals surface area contributed by atoms with E-state index in [4.69, 9.17) is 9.97 Å². The molecule has 0 aliphatic heterocycles. The third-order valence-electron chi connectivity index (χ3n) is 6.48. The number of imidazole rings is 1. The molecule has 34 heavy (non-hydrogen) atoms. The van der Waals surface area contributed by atoms with Crippen LogP contribution in [0.15, 0.2) is 91.0 Å². The molecule has 5 nitrogen and oxygen atoms in total. The second kappa shape index (κ2) is 7.53. The molecule has 0 aliphatic rings. The third-order valence-corrected chi connectivity index (χ3v) is 8.10. The summed E-state index contributed by atoms with van der Waals surface area (Å²) in [5, 5.41) is 7.57. The molecule has 3 heterocycles. The summed E-state index contributed by atoms with van der Waals surface area (Å²) in [6, 6.07) is 31.7. The fourth-order valence-corrected chi connectivity index (χ4v) is 5.45. The summed E-state index contributed by atoms with van der Waals surface area (Å²) < 4.78 is 6.62. The van der Waals surface area contributed by atoms with Gasteiger partial charge in [-0.25, -0.2) is 0 Å². The maximum absolute atomic E-state index is 5.22. The third kappa shape index (κ3) is 2.76. The van der Waals surface area contributed by atoms with Gasteiger partial charge >= 0.3 is 211 Å². The molecule has 0 saturated heterocycles. The van der Waals surface area contributed by atoms with Crippen LogP contribution in [0.25, 0.3) is 55.3 Å². The van der Waals surface area contributed by atoms with Crippen molar-refractivity contribution < 1.29 is 0 Å². The zero-order chi connectivity index (χ0) is 22.8. The van der Waals surface area contributed by atoms with Gasteiger partial charge in [-0.2, -0.15) is 0 Å². The van der Waals surface area contributed by atoms with Crippen LogP contribution >= 0.6 is 0 Å². The number of fused-ring (bicyclic) bond motifs is 8. The number of nitrogens with zero attached hydrogens (tertiary/aromatic N) is 5. The van der Waals surface area contributed by atoms with Gasteiger partial charge in [-0.15, -0.1) is 0 Å². The molecule has 0 amide bonds. The van der Waals surface area contributed by atoms with Gasteiger partial charge in [0, 0.05) is 0 Å².